The number of esters is 2. The molecule has 0 spiro atoms. The van der Waals surface area contributed by atoms with Gasteiger partial charge >= 0.3 is 30.8 Å². The first-order valence-electron chi connectivity index (χ1n) is 2.02. The maximum atomic E-state index is 10.0. The second kappa shape index (κ2) is 2.91. The molecule has 1 saturated heterocycles. The minimum Gasteiger partial charge on any atom is -1.00 e. The number of hydrogen-bond acceptors (Lipinski definition) is 3. The van der Waals surface area contributed by atoms with Crippen LogP contribution in [0.5, 0.6) is 0 Å². The van der Waals surface area contributed by atoms with Crippen LogP contribution in [-0.2, 0) is 14.3 Å². The van der Waals surface area contributed by atoms with Gasteiger partial charge in [0.1, 0.15) is 0 Å². The van der Waals surface area contributed by atoms with Gasteiger partial charge in [0.25, 0.3) is 0 Å². The van der Waals surface area contributed by atoms with E-state index < -0.39 is 11.9 Å². The van der Waals surface area contributed by atoms with Crippen LogP contribution in [0.4, 0.5) is 0 Å². The number of rotatable bonds is 0. The molecule has 0 radical (unpaired) electrons. The monoisotopic (exact) mass is 108 g/mol. The zero-order valence-electron chi connectivity index (χ0n) is 5.64. The molecule has 0 aliphatic carbocycles. The van der Waals surface area contributed by atoms with Gasteiger partial charge in [0.15, 0.2) is 0 Å². The predicted molar refractivity (Wildman–Crippen MR) is 21.4 cm³/mol. The van der Waals surface area contributed by atoms with E-state index in [9.17, 15) is 9.59 Å². The van der Waals surface area contributed by atoms with Crippen LogP contribution in [0.25, 0.3) is 0 Å². The number of cyclic esters (lactones) is 2. The molecule has 0 unspecified atom stereocenters. The quantitative estimate of drug-likeness (QED) is 0.188. The molecule has 1 aliphatic heterocycles. The first-order chi connectivity index (χ1) is 3.29. The Morgan fingerprint density at radius 2 is 1.62 bits per heavy atom. The minimum absolute atomic E-state index is 0. The van der Waals surface area contributed by atoms with Crippen LogP contribution in [0.2, 0.25) is 0 Å². The predicted octanol–water partition coefficient (Wildman–Crippen LogP) is -3.03. The van der Waals surface area contributed by atoms with Gasteiger partial charge in [-0.1, -0.05) is 0 Å². The largest absolute Gasteiger partial charge is 1.00 e. The van der Waals surface area contributed by atoms with Gasteiger partial charge in [-0.05, 0) is 0 Å². The normalized spacial score (nSPS) is 17.5. The first kappa shape index (κ1) is 7.74. The summed E-state index contributed by atoms with van der Waals surface area (Å²) in [4.78, 5) is 20.0. The Morgan fingerprint density at radius 3 is 1.75 bits per heavy atom. The first-order valence-corrected chi connectivity index (χ1v) is 2.02. The van der Waals surface area contributed by atoms with E-state index in [1.54, 1.807) is 0 Å². The molecule has 0 amide bonds. The second-order valence-corrected chi connectivity index (χ2v) is 1.35. The van der Waals surface area contributed by atoms with Gasteiger partial charge in [0.2, 0.25) is 0 Å². The Bertz CT molecular complexity index is 111. The van der Waals surface area contributed by atoms with Crippen molar-refractivity contribution in [3.63, 3.8) is 0 Å². The molecule has 0 saturated carbocycles. The van der Waals surface area contributed by atoms with Gasteiger partial charge in [-0.25, -0.2) is 0 Å². The van der Waals surface area contributed by atoms with Crippen LogP contribution < -0.4 is 18.9 Å². The molecule has 0 aromatic rings. The zero-order chi connectivity index (χ0) is 5.28. The van der Waals surface area contributed by atoms with E-state index in [1.807, 2.05) is 0 Å². The fourth-order valence-corrected chi connectivity index (χ4v) is 0.433. The van der Waals surface area contributed by atoms with Gasteiger partial charge in [-0.15, -0.1) is 0 Å². The smallest absolute Gasteiger partial charge is 1.00 e. The van der Waals surface area contributed by atoms with Crippen molar-refractivity contribution in [1.82, 2.24) is 0 Å². The van der Waals surface area contributed by atoms with E-state index in [1.165, 1.54) is 0 Å². The number of ether oxygens (including phenoxy) is 1. The van der Waals surface area contributed by atoms with Gasteiger partial charge in [-0.2, -0.15) is 0 Å². The summed E-state index contributed by atoms with van der Waals surface area (Å²) in [5.41, 5.74) is 0. The molecule has 1 aliphatic rings. The molecule has 1 rings (SSSR count). The summed E-state index contributed by atoms with van der Waals surface area (Å²) in [7, 11) is 0. The van der Waals surface area contributed by atoms with Crippen molar-refractivity contribution in [2.24, 2.45) is 0 Å². The van der Waals surface area contributed by atoms with Crippen LogP contribution in [0, 0.1) is 0 Å². The number of carbonyl (C=O) groups excluding carboxylic acids is 2. The third-order valence-corrected chi connectivity index (χ3v) is 0.761. The third kappa shape index (κ3) is 1.69. The minimum atomic E-state index is -0.398. The average molecular weight is 108 g/mol. The summed E-state index contributed by atoms with van der Waals surface area (Å²) in [6.45, 7) is 0. The van der Waals surface area contributed by atoms with E-state index in [0.717, 1.165) is 0 Å². The molecule has 1 fully saturated rings. The van der Waals surface area contributed by atoms with Gasteiger partial charge in [-0.3, -0.25) is 9.59 Å². The van der Waals surface area contributed by atoms with Crippen LogP contribution >= 0.6 is 0 Å². The van der Waals surface area contributed by atoms with Crippen molar-refractivity contribution in [2.45, 2.75) is 12.8 Å². The Kier molecular flexibility index (Phi) is 2.81. The molecule has 0 aromatic carbocycles. The maximum absolute atomic E-state index is 10.0. The molecular weight excluding hydrogens is 103 g/mol. The Morgan fingerprint density at radius 1 is 1.25 bits per heavy atom. The van der Waals surface area contributed by atoms with Crippen LogP contribution in [0.1, 0.15) is 14.3 Å². The summed E-state index contributed by atoms with van der Waals surface area (Å²) in [5.74, 6) is -0.796. The van der Waals surface area contributed by atoms with Crippen LogP contribution in [0.15, 0.2) is 0 Å². The van der Waals surface area contributed by atoms with Crippen molar-refractivity contribution in [3.8, 4) is 0 Å². The van der Waals surface area contributed by atoms with Gasteiger partial charge < -0.3 is 6.16 Å². The Hall–Kier alpha value is -0.263. The number of hydrogen-bond donors (Lipinski definition) is 0. The molecule has 1 heterocycles. The molecule has 3 nitrogen and oxygen atoms in total. The van der Waals surface area contributed by atoms with Gasteiger partial charge in [0.05, 0.1) is 12.8 Å². The second-order valence-electron chi connectivity index (χ2n) is 1.35. The van der Waals surface area contributed by atoms with Crippen molar-refractivity contribution < 1.29 is 34.6 Å². The molecule has 4 heteroatoms. The van der Waals surface area contributed by atoms with E-state index in [2.05, 4.69) is 4.74 Å². The van der Waals surface area contributed by atoms with E-state index in [0.29, 0.717) is 0 Å². The van der Waals surface area contributed by atoms with E-state index in [4.69, 9.17) is 0 Å². The topological polar surface area (TPSA) is 43.4 Å². The standard InChI is InChI=1S/C4H4O3.Li.H/c5-3-1-2-4(6)7-3;;/h1-2H2;;/q;+1;-1. The van der Waals surface area contributed by atoms with E-state index >= 15 is 0 Å². The average Bonchev–Trinajstić information content (AvgIpc) is 1.87. The molecule has 0 aromatic heterocycles. The summed E-state index contributed by atoms with van der Waals surface area (Å²) in [5, 5.41) is 0. The van der Waals surface area contributed by atoms with Crippen molar-refractivity contribution >= 4 is 11.9 Å². The van der Waals surface area contributed by atoms with Crippen molar-refractivity contribution in [1.29, 1.82) is 0 Å². The summed E-state index contributed by atoms with van der Waals surface area (Å²) >= 11 is 0. The molecule has 0 N–H and O–H groups in total. The third-order valence-electron chi connectivity index (χ3n) is 0.761. The Balaban J connectivity index is 0. The van der Waals surface area contributed by atoms with Gasteiger partial charge in [0, 0.05) is 0 Å². The van der Waals surface area contributed by atoms with Crippen LogP contribution in [0.3, 0.4) is 0 Å². The Labute approximate surface area is 60.0 Å². The van der Waals surface area contributed by atoms with E-state index in [-0.39, 0.29) is 33.1 Å². The van der Waals surface area contributed by atoms with Crippen molar-refractivity contribution in [3.05, 3.63) is 0 Å². The molecular formula is C4H5LiO3. The molecule has 40 valence electrons. The summed E-state index contributed by atoms with van der Waals surface area (Å²) in [6, 6.07) is 0. The summed E-state index contributed by atoms with van der Waals surface area (Å²) < 4.78 is 4.08. The molecule has 8 heavy (non-hydrogen) atoms. The molecule has 0 bridgehead atoms. The molecule has 0 atom stereocenters. The van der Waals surface area contributed by atoms with Crippen LogP contribution in [-0.4, -0.2) is 11.9 Å². The fraction of sp³-hybridized carbons (Fsp3) is 0.500. The zero-order valence-corrected chi connectivity index (χ0v) is 4.64. The number of carbonyl (C=O) groups is 2. The van der Waals surface area contributed by atoms with Crippen molar-refractivity contribution in [2.75, 3.05) is 0 Å². The summed E-state index contributed by atoms with van der Waals surface area (Å²) in [6.07, 6.45) is 0.525. The fourth-order valence-electron chi connectivity index (χ4n) is 0.433. The SMILES string of the molecule is O=C1CCC(=O)O1.[H-].[Li+]. The maximum Gasteiger partial charge on any atom is 1.00 e.